The van der Waals surface area contributed by atoms with Crippen LogP contribution in [0.2, 0.25) is 0 Å². The Kier molecular flexibility index (Phi) is 4.35. The number of carbonyl (C=O) groups is 1. The third kappa shape index (κ3) is 3.52. The first kappa shape index (κ1) is 14.9. The first-order valence-corrected chi connectivity index (χ1v) is 7.44. The molecule has 4 heteroatoms. The number of benzene rings is 2. The second kappa shape index (κ2) is 5.85. The normalized spacial score (nSPS) is 15.8. The van der Waals surface area contributed by atoms with E-state index >= 15 is 0 Å². The van der Waals surface area contributed by atoms with Gasteiger partial charge in [0.2, 0.25) is 0 Å². The van der Waals surface area contributed by atoms with Gasteiger partial charge in [-0.15, -0.1) is 11.8 Å². The highest BCUT2D eigenvalue weighted by molar-refractivity contribution is 8.00. The lowest BCUT2D eigenvalue weighted by atomic mass is 9.98. The van der Waals surface area contributed by atoms with Crippen molar-refractivity contribution in [3.05, 3.63) is 42.5 Å². The van der Waals surface area contributed by atoms with E-state index in [0.717, 1.165) is 4.90 Å². The third-order valence-electron chi connectivity index (χ3n) is 3.26. The Morgan fingerprint density at radius 3 is 2.60 bits per heavy atom. The van der Waals surface area contributed by atoms with E-state index in [9.17, 15) is 4.79 Å². The predicted molar refractivity (Wildman–Crippen MR) is 84.1 cm³/mol. The lowest BCUT2D eigenvalue weighted by Gasteiger charge is -2.23. The minimum Gasteiger partial charge on any atom is -0.480 e. The van der Waals surface area contributed by atoms with Gasteiger partial charge in [0.05, 0.1) is 0 Å². The first-order chi connectivity index (χ1) is 9.38. The number of hydrogen-bond donors (Lipinski definition) is 2. The van der Waals surface area contributed by atoms with Gasteiger partial charge in [0, 0.05) is 10.1 Å². The Morgan fingerprint density at radius 2 is 1.95 bits per heavy atom. The van der Waals surface area contributed by atoms with Crippen LogP contribution in [-0.2, 0) is 4.79 Å². The van der Waals surface area contributed by atoms with Crippen molar-refractivity contribution in [1.82, 2.24) is 0 Å². The first-order valence-electron chi connectivity index (χ1n) is 6.56. The summed E-state index contributed by atoms with van der Waals surface area (Å²) < 4.78 is 0. The molecule has 2 aromatic rings. The summed E-state index contributed by atoms with van der Waals surface area (Å²) in [5, 5.41) is 11.6. The molecule has 0 saturated carbocycles. The molecule has 0 spiro atoms. The van der Waals surface area contributed by atoms with Crippen LogP contribution in [0, 0.1) is 0 Å². The molecule has 3 nitrogen and oxygen atoms in total. The lowest BCUT2D eigenvalue weighted by molar-refractivity contribution is -0.142. The van der Waals surface area contributed by atoms with E-state index in [1.807, 2.05) is 19.1 Å². The van der Waals surface area contributed by atoms with Crippen molar-refractivity contribution in [2.24, 2.45) is 5.73 Å². The molecule has 0 heterocycles. The zero-order chi connectivity index (χ0) is 14.8. The molecule has 0 bridgehead atoms. The summed E-state index contributed by atoms with van der Waals surface area (Å²) in [6, 6.07) is 14.5. The lowest BCUT2D eigenvalue weighted by Crippen LogP contribution is -2.46. The topological polar surface area (TPSA) is 63.3 Å². The monoisotopic (exact) mass is 289 g/mol. The van der Waals surface area contributed by atoms with Gasteiger partial charge in [0.25, 0.3) is 0 Å². The summed E-state index contributed by atoms with van der Waals surface area (Å²) in [6.45, 7) is 3.57. The highest BCUT2D eigenvalue weighted by atomic mass is 32.2. The highest BCUT2D eigenvalue weighted by Crippen LogP contribution is 2.30. The van der Waals surface area contributed by atoms with Crippen LogP contribution in [0.25, 0.3) is 10.8 Å². The number of hydrogen-bond acceptors (Lipinski definition) is 3. The summed E-state index contributed by atoms with van der Waals surface area (Å²) in [4.78, 5) is 12.2. The summed E-state index contributed by atoms with van der Waals surface area (Å²) >= 11 is 1.66. The molecule has 0 radical (unpaired) electrons. The number of thioether (sulfide) groups is 1. The molecule has 2 atom stereocenters. The van der Waals surface area contributed by atoms with Crippen molar-refractivity contribution in [3.8, 4) is 0 Å². The van der Waals surface area contributed by atoms with E-state index in [2.05, 4.69) is 30.3 Å². The number of aliphatic carboxylic acids is 1. The molecule has 0 aliphatic carbocycles. The molecule has 0 fully saturated rings. The molecule has 0 aliphatic heterocycles. The van der Waals surface area contributed by atoms with Crippen LogP contribution in [0.15, 0.2) is 47.4 Å². The maximum atomic E-state index is 11.0. The largest absolute Gasteiger partial charge is 0.480 e. The number of fused-ring (bicyclic) bond motifs is 1. The van der Waals surface area contributed by atoms with Crippen molar-refractivity contribution in [3.63, 3.8) is 0 Å². The van der Waals surface area contributed by atoms with E-state index in [1.54, 1.807) is 18.7 Å². The number of carboxylic acid groups (broad SMARTS) is 1. The van der Waals surface area contributed by atoms with Gasteiger partial charge in [-0.25, -0.2) is 0 Å². The average molecular weight is 289 g/mol. The van der Waals surface area contributed by atoms with Gasteiger partial charge in [0.1, 0.15) is 5.54 Å². The van der Waals surface area contributed by atoms with Gasteiger partial charge in [-0.3, -0.25) is 4.79 Å². The zero-order valence-corrected chi connectivity index (χ0v) is 12.5. The zero-order valence-electron chi connectivity index (χ0n) is 11.7. The molecule has 2 aromatic carbocycles. The van der Waals surface area contributed by atoms with Crippen molar-refractivity contribution >= 4 is 28.5 Å². The Bertz CT molecular complexity index is 625. The second-order valence-electron chi connectivity index (χ2n) is 5.36. The van der Waals surface area contributed by atoms with Gasteiger partial charge in [-0.2, -0.15) is 0 Å². The molecule has 2 rings (SSSR count). The highest BCUT2D eigenvalue weighted by Gasteiger charge is 2.30. The summed E-state index contributed by atoms with van der Waals surface area (Å²) in [7, 11) is 0. The Morgan fingerprint density at radius 1 is 1.30 bits per heavy atom. The smallest absolute Gasteiger partial charge is 0.323 e. The van der Waals surface area contributed by atoms with E-state index in [0.29, 0.717) is 6.42 Å². The van der Waals surface area contributed by atoms with Crippen LogP contribution in [0.1, 0.15) is 20.3 Å². The molecule has 20 heavy (non-hydrogen) atoms. The standard InChI is InChI=1S/C16H19NO2S/c1-11(10-16(2,17)15(18)19)20-14-8-7-12-5-3-4-6-13(12)9-14/h3-9,11H,10,17H2,1-2H3,(H,18,19). The Hall–Kier alpha value is -1.52. The van der Waals surface area contributed by atoms with E-state index in [-0.39, 0.29) is 5.25 Å². The Balaban J connectivity index is 2.10. The van der Waals surface area contributed by atoms with E-state index < -0.39 is 11.5 Å². The van der Waals surface area contributed by atoms with Gasteiger partial charge in [0.15, 0.2) is 0 Å². The third-order valence-corrected chi connectivity index (χ3v) is 4.35. The fourth-order valence-electron chi connectivity index (χ4n) is 2.20. The van der Waals surface area contributed by atoms with Gasteiger partial charge in [-0.1, -0.05) is 37.3 Å². The van der Waals surface area contributed by atoms with Crippen LogP contribution in [-0.4, -0.2) is 21.9 Å². The van der Waals surface area contributed by atoms with Crippen molar-refractivity contribution in [2.45, 2.75) is 36.0 Å². The molecule has 3 N–H and O–H groups in total. The molecular formula is C16H19NO2S. The fourth-order valence-corrected chi connectivity index (χ4v) is 3.43. The Labute approximate surface area is 123 Å². The van der Waals surface area contributed by atoms with E-state index in [4.69, 9.17) is 10.8 Å². The van der Waals surface area contributed by atoms with Crippen LogP contribution < -0.4 is 5.73 Å². The molecule has 0 amide bonds. The molecule has 0 aliphatic rings. The molecule has 2 unspecified atom stereocenters. The van der Waals surface area contributed by atoms with Crippen molar-refractivity contribution in [2.75, 3.05) is 0 Å². The van der Waals surface area contributed by atoms with Crippen LogP contribution >= 0.6 is 11.8 Å². The maximum absolute atomic E-state index is 11.0. The number of nitrogens with two attached hydrogens (primary N) is 1. The molecule has 0 aromatic heterocycles. The quantitative estimate of drug-likeness (QED) is 0.827. The van der Waals surface area contributed by atoms with Crippen LogP contribution in [0.5, 0.6) is 0 Å². The number of carboxylic acids is 1. The van der Waals surface area contributed by atoms with Crippen LogP contribution in [0.3, 0.4) is 0 Å². The van der Waals surface area contributed by atoms with Crippen molar-refractivity contribution in [1.29, 1.82) is 0 Å². The average Bonchev–Trinajstić information content (AvgIpc) is 2.37. The summed E-state index contributed by atoms with van der Waals surface area (Å²) in [5.74, 6) is -0.955. The predicted octanol–water partition coefficient (Wildman–Crippen LogP) is 3.51. The SMILES string of the molecule is CC(CC(C)(N)C(=O)O)Sc1ccc2ccccc2c1. The maximum Gasteiger partial charge on any atom is 0.323 e. The summed E-state index contributed by atoms with van der Waals surface area (Å²) in [6.07, 6.45) is 0.430. The second-order valence-corrected chi connectivity index (χ2v) is 6.88. The van der Waals surface area contributed by atoms with Crippen LogP contribution in [0.4, 0.5) is 0 Å². The molecular weight excluding hydrogens is 270 g/mol. The van der Waals surface area contributed by atoms with Crippen molar-refractivity contribution < 1.29 is 9.90 Å². The minimum atomic E-state index is -1.18. The minimum absolute atomic E-state index is 0.141. The summed E-state index contributed by atoms with van der Waals surface area (Å²) in [5.41, 5.74) is 4.61. The van der Waals surface area contributed by atoms with E-state index in [1.165, 1.54) is 10.8 Å². The molecule has 0 saturated heterocycles. The van der Waals surface area contributed by atoms with Gasteiger partial charge in [-0.05, 0) is 36.2 Å². The fraction of sp³-hybridized carbons (Fsp3) is 0.312. The molecule has 106 valence electrons. The van der Waals surface area contributed by atoms with Gasteiger partial charge < -0.3 is 10.8 Å². The number of rotatable bonds is 5. The van der Waals surface area contributed by atoms with Gasteiger partial charge >= 0.3 is 5.97 Å².